The van der Waals surface area contributed by atoms with Crippen molar-refractivity contribution in [3.8, 4) is 5.75 Å². The van der Waals surface area contributed by atoms with Gasteiger partial charge in [0.05, 0.1) is 23.6 Å². The number of methoxy groups -OCH3 is 1. The Bertz CT molecular complexity index is 1250. The molecule has 0 aromatic heterocycles. The van der Waals surface area contributed by atoms with Crippen LogP contribution in [0.25, 0.3) is 0 Å². The van der Waals surface area contributed by atoms with Gasteiger partial charge in [0, 0.05) is 5.56 Å². The maximum atomic E-state index is 13.4. The number of carbonyl (C=O) groups excluding carboxylic acids is 1. The highest BCUT2D eigenvalue weighted by atomic mass is 32.2. The first kappa shape index (κ1) is 24.6. The van der Waals surface area contributed by atoms with Crippen molar-refractivity contribution >= 4 is 16.9 Å². The molecule has 0 radical (unpaired) electrons. The average molecular weight is 484 g/mol. The van der Waals surface area contributed by atoms with Gasteiger partial charge >= 0.3 is 5.97 Å². The summed E-state index contributed by atoms with van der Waals surface area (Å²) in [5, 5.41) is 0. The van der Waals surface area contributed by atoms with E-state index in [0.29, 0.717) is 11.3 Å². The van der Waals surface area contributed by atoms with Crippen LogP contribution in [0.3, 0.4) is 0 Å². The van der Waals surface area contributed by atoms with E-state index in [0.717, 1.165) is 16.7 Å². The summed E-state index contributed by atoms with van der Waals surface area (Å²) in [7, 11) is 1.35. The van der Waals surface area contributed by atoms with Crippen LogP contribution in [0.1, 0.15) is 40.9 Å². The Kier molecular flexibility index (Phi) is 7.32. The second kappa shape index (κ2) is 10.4. The van der Waals surface area contributed by atoms with Crippen molar-refractivity contribution in [3.05, 3.63) is 119 Å². The third-order valence-electron chi connectivity index (χ3n) is 6.01. The summed E-state index contributed by atoms with van der Waals surface area (Å²) < 4.78 is 11.6. The van der Waals surface area contributed by atoms with E-state index in [9.17, 15) is 4.79 Å². The number of benzene rings is 4. The van der Waals surface area contributed by atoms with Crippen LogP contribution in [0.2, 0.25) is 0 Å². The van der Waals surface area contributed by atoms with Gasteiger partial charge in [-0.1, -0.05) is 54.6 Å². The fourth-order valence-corrected chi connectivity index (χ4v) is 6.63. The molecule has 0 amide bonds. The van der Waals surface area contributed by atoms with E-state index in [-0.39, 0.29) is 16.9 Å². The van der Waals surface area contributed by atoms with Crippen molar-refractivity contribution in [2.24, 2.45) is 0 Å². The monoisotopic (exact) mass is 483 g/mol. The number of hydrogen-bond donors (Lipinski definition) is 0. The van der Waals surface area contributed by atoms with Gasteiger partial charge in [-0.25, -0.2) is 4.79 Å². The standard InChI is InChI=1S/C31H31O3S/c1-22-20-26(35(24-14-8-6-9-15-24)25-16-10-7-11-17-25)21-23(2)29(22)30(32)34-31(3,4)27-18-12-13-19-28(27)33-5/h6-21H,1-5H3/q+1. The van der Waals surface area contributed by atoms with Gasteiger partial charge < -0.3 is 9.47 Å². The van der Waals surface area contributed by atoms with Crippen LogP contribution in [0.5, 0.6) is 5.75 Å². The van der Waals surface area contributed by atoms with Crippen molar-refractivity contribution in [1.82, 2.24) is 0 Å². The van der Waals surface area contributed by atoms with E-state index < -0.39 is 5.60 Å². The molecule has 0 saturated heterocycles. The van der Waals surface area contributed by atoms with Crippen LogP contribution in [-0.2, 0) is 21.2 Å². The fourth-order valence-electron chi connectivity index (χ4n) is 4.36. The zero-order valence-electron chi connectivity index (χ0n) is 20.9. The number of hydrogen-bond acceptors (Lipinski definition) is 3. The van der Waals surface area contributed by atoms with Gasteiger partial charge in [0.2, 0.25) is 0 Å². The van der Waals surface area contributed by atoms with E-state index >= 15 is 0 Å². The van der Waals surface area contributed by atoms with Crippen molar-refractivity contribution in [2.75, 3.05) is 7.11 Å². The molecule has 0 unspecified atom stereocenters. The zero-order chi connectivity index (χ0) is 25.0. The normalized spacial score (nSPS) is 11.4. The first-order chi connectivity index (χ1) is 16.8. The molecule has 0 atom stereocenters. The van der Waals surface area contributed by atoms with E-state index in [2.05, 4.69) is 60.7 Å². The molecule has 0 bridgehead atoms. The predicted molar refractivity (Wildman–Crippen MR) is 142 cm³/mol. The molecular formula is C31H31O3S+. The highest BCUT2D eigenvalue weighted by molar-refractivity contribution is 7.97. The van der Waals surface area contributed by atoms with Crippen molar-refractivity contribution in [2.45, 2.75) is 48.0 Å². The Morgan fingerprint density at radius 1 is 0.714 bits per heavy atom. The zero-order valence-corrected chi connectivity index (χ0v) is 21.7. The Morgan fingerprint density at radius 2 is 1.20 bits per heavy atom. The van der Waals surface area contributed by atoms with Crippen molar-refractivity contribution < 1.29 is 14.3 Å². The van der Waals surface area contributed by atoms with Gasteiger partial charge in [-0.3, -0.25) is 0 Å². The Labute approximate surface area is 211 Å². The molecular weight excluding hydrogens is 452 g/mol. The Balaban J connectivity index is 1.71. The minimum absolute atomic E-state index is 0.278. The smallest absolute Gasteiger partial charge is 0.339 e. The Hall–Kier alpha value is -3.50. The molecule has 0 heterocycles. The SMILES string of the molecule is COc1ccccc1C(C)(C)OC(=O)c1c(C)cc([S+](c2ccccc2)c2ccccc2)cc1C. The summed E-state index contributed by atoms with van der Waals surface area (Å²) >= 11 is 0. The maximum absolute atomic E-state index is 13.4. The molecule has 0 spiro atoms. The third kappa shape index (κ3) is 5.28. The number of aryl methyl sites for hydroxylation is 2. The van der Waals surface area contributed by atoms with E-state index in [1.807, 2.05) is 64.1 Å². The lowest BCUT2D eigenvalue weighted by Crippen LogP contribution is -2.27. The number of ether oxygens (including phenoxy) is 2. The van der Waals surface area contributed by atoms with Gasteiger partial charge in [-0.15, -0.1) is 0 Å². The quantitative estimate of drug-likeness (QED) is 0.202. The van der Waals surface area contributed by atoms with Gasteiger partial charge in [0.15, 0.2) is 14.7 Å². The predicted octanol–water partition coefficient (Wildman–Crippen LogP) is 7.50. The van der Waals surface area contributed by atoms with Crippen LogP contribution in [-0.4, -0.2) is 13.1 Å². The highest BCUT2D eigenvalue weighted by Gasteiger charge is 2.33. The van der Waals surface area contributed by atoms with Crippen LogP contribution in [0.15, 0.2) is 112 Å². The van der Waals surface area contributed by atoms with Gasteiger partial charge in [-0.2, -0.15) is 0 Å². The molecule has 0 fully saturated rings. The van der Waals surface area contributed by atoms with Crippen LogP contribution >= 0.6 is 0 Å². The van der Waals surface area contributed by atoms with Crippen LogP contribution in [0.4, 0.5) is 0 Å². The lowest BCUT2D eigenvalue weighted by Gasteiger charge is -2.28. The van der Waals surface area contributed by atoms with E-state index in [1.165, 1.54) is 14.7 Å². The summed E-state index contributed by atoms with van der Waals surface area (Å²) in [5.74, 6) is 0.366. The van der Waals surface area contributed by atoms with Crippen LogP contribution in [0, 0.1) is 13.8 Å². The van der Waals surface area contributed by atoms with E-state index in [4.69, 9.17) is 9.47 Å². The van der Waals surface area contributed by atoms with Crippen molar-refractivity contribution in [3.63, 3.8) is 0 Å². The maximum Gasteiger partial charge on any atom is 0.339 e. The molecule has 0 saturated carbocycles. The summed E-state index contributed by atoms with van der Waals surface area (Å²) in [4.78, 5) is 17.1. The lowest BCUT2D eigenvalue weighted by molar-refractivity contribution is -0.00414. The molecule has 4 aromatic carbocycles. The molecule has 35 heavy (non-hydrogen) atoms. The molecule has 0 aliphatic rings. The molecule has 4 rings (SSSR count). The molecule has 0 aliphatic carbocycles. The largest absolute Gasteiger partial charge is 0.496 e. The fraction of sp³-hybridized carbons (Fsp3) is 0.194. The summed E-state index contributed by atoms with van der Waals surface area (Å²) in [6, 6.07) is 32.9. The van der Waals surface area contributed by atoms with E-state index in [1.54, 1.807) is 7.11 Å². The minimum Gasteiger partial charge on any atom is -0.496 e. The number of esters is 1. The minimum atomic E-state index is -0.848. The number of carbonyl (C=O) groups is 1. The van der Waals surface area contributed by atoms with Gasteiger partial charge in [-0.05, 0) is 81.3 Å². The topological polar surface area (TPSA) is 35.5 Å². The first-order valence-corrected chi connectivity index (χ1v) is 12.9. The molecule has 4 heteroatoms. The third-order valence-corrected chi connectivity index (χ3v) is 8.20. The van der Waals surface area contributed by atoms with Crippen molar-refractivity contribution in [1.29, 1.82) is 0 Å². The summed E-state index contributed by atoms with van der Waals surface area (Å²) in [6.45, 7) is 7.76. The molecule has 0 aliphatic heterocycles. The second-order valence-electron chi connectivity index (χ2n) is 8.96. The molecule has 4 aromatic rings. The summed E-state index contributed by atoms with van der Waals surface area (Å²) in [5.41, 5.74) is 2.41. The average Bonchev–Trinajstić information content (AvgIpc) is 2.85. The lowest BCUT2D eigenvalue weighted by atomic mass is 9.96. The Morgan fingerprint density at radius 3 is 1.71 bits per heavy atom. The highest BCUT2D eigenvalue weighted by Crippen LogP contribution is 2.36. The van der Waals surface area contributed by atoms with Gasteiger partial charge in [0.25, 0.3) is 0 Å². The van der Waals surface area contributed by atoms with Crippen LogP contribution < -0.4 is 4.74 Å². The number of rotatable bonds is 7. The number of para-hydroxylation sites is 1. The molecule has 178 valence electrons. The molecule has 3 nitrogen and oxygen atoms in total. The molecule has 0 N–H and O–H groups in total. The summed E-state index contributed by atoms with van der Waals surface area (Å²) in [6.07, 6.45) is 0. The van der Waals surface area contributed by atoms with Gasteiger partial charge in [0.1, 0.15) is 11.4 Å². The second-order valence-corrected chi connectivity index (χ2v) is 11.0. The first-order valence-electron chi connectivity index (χ1n) is 11.6.